The lowest BCUT2D eigenvalue weighted by atomic mass is 10.2. The van der Waals surface area contributed by atoms with E-state index in [0.29, 0.717) is 0 Å². The molecule has 2 rings (SSSR count). The number of sulfone groups is 1. The predicted octanol–water partition coefficient (Wildman–Crippen LogP) is 3.29. The monoisotopic (exact) mass is 415 g/mol. The molecule has 0 unspecified atom stereocenters. The van der Waals surface area contributed by atoms with Crippen molar-refractivity contribution in [1.82, 2.24) is 0 Å². The second kappa shape index (κ2) is 8.01. The van der Waals surface area contributed by atoms with Crippen molar-refractivity contribution < 1.29 is 35.9 Å². The van der Waals surface area contributed by atoms with Gasteiger partial charge in [0.25, 0.3) is 5.91 Å². The molecule has 0 aromatic heterocycles. The maximum absolute atomic E-state index is 12.5. The second-order valence-electron chi connectivity index (χ2n) is 5.88. The third-order valence-corrected chi connectivity index (χ3v) is 4.79. The van der Waals surface area contributed by atoms with E-state index in [4.69, 9.17) is 4.74 Å². The first-order valence-electron chi connectivity index (χ1n) is 7.88. The van der Waals surface area contributed by atoms with Crippen LogP contribution in [0.1, 0.15) is 22.8 Å². The van der Waals surface area contributed by atoms with E-state index in [9.17, 15) is 31.2 Å². The number of halogens is 3. The van der Waals surface area contributed by atoms with Gasteiger partial charge in [0.15, 0.2) is 15.9 Å². The van der Waals surface area contributed by atoms with Crippen LogP contribution in [0.2, 0.25) is 0 Å². The predicted molar refractivity (Wildman–Crippen MR) is 94.5 cm³/mol. The largest absolute Gasteiger partial charge is 0.449 e. The summed E-state index contributed by atoms with van der Waals surface area (Å²) in [5, 5.41) is 2.32. The number of anilines is 1. The van der Waals surface area contributed by atoms with Crippen molar-refractivity contribution in [3.05, 3.63) is 59.7 Å². The minimum atomic E-state index is -4.50. The number of amides is 1. The zero-order chi connectivity index (χ0) is 21.1. The molecule has 1 N–H and O–H groups in total. The molecule has 1 atom stereocenters. The number of benzene rings is 2. The van der Waals surface area contributed by atoms with Gasteiger partial charge in [0.2, 0.25) is 0 Å². The van der Waals surface area contributed by atoms with E-state index in [2.05, 4.69) is 5.32 Å². The highest BCUT2D eigenvalue weighted by Crippen LogP contribution is 2.29. The van der Waals surface area contributed by atoms with Gasteiger partial charge in [-0.1, -0.05) is 12.1 Å². The summed E-state index contributed by atoms with van der Waals surface area (Å²) >= 11 is 0. The Bertz CT molecular complexity index is 985. The van der Waals surface area contributed by atoms with Gasteiger partial charge in [0.1, 0.15) is 0 Å². The molecule has 0 heterocycles. The normalized spacial score (nSPS) is 12.9. The van der Waals surface area contributed by atoms with Crippen molar-refractivity contribution in [3.63, 3.8) is 0 Å². The summed E-state index contributed by atoms with van der Waals surface area (Å²) in [6, 6.07) is 9.09. The topological polar surface area (TPSA) is 89.5 Å². The molecule has 28 heavy (non-hydrogen) atoms. The van der Waals surface area contributed by atoms with Gasteiger partial charge >= 0.3 is 12.1 Å². The van der Waals surface area contributed by atoms with E-state index in [1.165, 1.54) is 31.2 Å². The minimum absolute atomic E-state index is 0.0810. The lowest BCUT2D eigenvalue weighted by Gasteiger charge is -2.15. The first kappa shape index (κ1) is 21.4. The number of hydrogen-bond donors (Lipinski definition) is 1. The maximum Gasteiger partial charge on any atom is 0.416 e. The molecular formula is C18H16F3NO5S. The van der Waals surface area contributed by atoms with Gasteiger partial charge in [-0.2, -0.15) is 13.2 Å². The van der Waals surface area contributed by atoms with Crippen LogP contribution in [-0.2, 0) is 25.5 Å². The Hall–Kier alpha value is -2.88. The minimum Gasteiger partial charge on any atom is -0.449 e. The lowest BCUT2D eigenvalue weighted by molar-refractivity contribution is -0.137. The van der Waals surface area contributed by atoms with Crippen LogP contribution in [0, 0.1) is 0 Å². The Morgan fingerprint density at radius 2 is 1.61 bits per heavy atom. The third kappa shape index (κ3) is 5.32. The van der Waals surface area contributed by atoms with E-state index in [-0.39, 0.29) is 16.1 Å². The number of esters is 1. The summed E-state index contributed by atoms with van der Waals surface area (Å²) in [6.07, 6.45) is -4.89. The zero-order valence-electron chi connectivity index (χ0n) is 14.8. The summed E-state index contributed by atoms with van der Waals surface area (Å²) in [6.45, 7) is 1.25. The highest BCUT2D eigenvalue weighted by atomic mass is 32.2. The lowest BCUT2D eigenvalue weighted by Crippen LogP contribution is -2.30. The Morgan fingerprint density at radius 1 is 1.04 bits per heavy atom. The molecule has 0 spiro atoms. The molecule has 0 saturated carbocycles. The van der Waals surface area contributed by atoms with Crippen LogP contribution in [0.15, 0.2) is 53.4 Å². The van der Waals surface area contributed by atoms with Gasteiger partial charge < -0.3 is 10.1 Å². The van der Waals surface area contributed by atoms with Crippen LogP contribution >= 0.6 is 0 Å². The van der Waals surface area contributed by atoms with Gasteiger partial charge in [-0.25, -0.2) is 13.2 Å². The second-order valence-corrected chi connectivity index (χ2v) is 7.86. The number of hydrogen-bond acceptors (Lipinski definition) is 5. The quantitative estimate of drug-likeness (QED) is 0.757. The molecule has 150 valence electrons. The van der Waals surface area contributed by atoms with Crippen molar-refractivity contribution in [3.8, 4) is 0 Å². The number of rotatable bonds is 5. The Kier molecular flexibility index (Phi) is 6.13. The summed E-state index contributed by atoms with van der Waals surface area (Å²) in [7, 11) is -3.69. The van der Waals surface area contributed by atoms with Crippen LogP contribution in [0.25, 0.3) is 0 Å². The fourth-order valence-corrected chi connectivity index (χ4v) is 3.10. The smallest absolute Gasteiger partial charge is 0.416 e. The van der Waals surface area contributed by atoms with Gasteiger partial charge in [-0.15, -0.1) is 0 Å². The van der Waals surface area contributed by atoms with Crippen LogP contribution in [0.5, 0.6) is 0 Å². The first-order chi connectivity index (χ1) is 12.9. The fourth-order valence-electron chi connectivity index (χ4n) is 2.22. The number of ether oxygens (including phenoxy) is 1. The molecule has 0 aliphatic heterocycles. The highest BCUT2D eigenvalue weighted by Gasteiger charge is 2.30. The molecule has 0 bridgehead atoms. The SMILES string of the molecule is C[C@@H](OC(=O)c1ccccc1S(C)(=O)=O)C(=O)Nc1ccc(C(F)(F)F)cc1. The summed E-state index contributed by atoms with van der Waals surface area (Å²) in [4.78, 5) is 24.1. The van der Waals surface area contributed by atoms with E-state index < -0.39 is 39.6 Å². The van der Waals surface area contributed by atoms with Gasteiger partial charge in [-0.3, -0.25) is 4.79 Å². The van der Waals surface area contributed by atoms with Crippen LogP contribution in [0.4, 0.5) is 18.9 Å². The van der Waals surface area contributed by atoms with E-state index in [0.717, 1.165) is 30.5 Å². The molecule has 2 aromatic carbocycles. The van der Waals surface area contributed by atoms with Crippen LogP contribution in [-0.4, -0.2) is 32.7 Å². The Morgan fingerprint density at radius 3 is 2.14 bits per heavy atom. The first-order valence-corrected chi connectivity index (χ1v) is 9.77. The molecule has 0 fully saturated rings. The molecule has 1 amide bonds. The molecular weight excluding hydrogens is 399 g/mol. The third-order valence-electron chi connectivity index (χ3n) is 3.64. The molecule has 2 aromatic rings. The Balaban J connectivity index is 2.08. The van der Waals surface area contributed by atoms with Gasteiger partial charge in [-0.05, 0) is 43.3 Å². The molecule has 0 aliphatic rings. The molecule has 0 aliphatic carbocycles. The average Bonchev–Trinajstić information content (AvgIpc) is 2.60. The summed E-state index contributed by atoms with van der Waals surface area (Å²) in [5.41, 5.74) is -1.01. The number of carbonyl (C=O) groups is 2. The average molecular weight is 415 g/mol. The number of carbonyl (C=O) groups excluding carboxylic acids is 2. The van der Waals surface area contributed by atoms with Crippen molar-refractivity contribution in [2.45, 2.75) is 24.1 Å². The van der Waals surface area contributed by atoms with E-state index >= 15 is 0 Å². The fraction of sp³-hybridized carbons (Fsp3) is 0.222. The van der Waals surface area contributed by atoms with Crippen molar-refractivity contribution in [2.24, 2.45) is 0 Å². The highest BCUT2D eigenvalue weighted by molar-refractivity contribution is 7.90. The number of alkyl halides is 3. The van der Waals surface area contributed by atoms with Crippen molar-refractivity contribution in [1.29, 1.82) is 0 Å². The summed E-state index contributed by atoms with van der Waals surface area (Å²) in [5.74, 6) is -1.80. The van der Waals surface area contributed by atoms with Crippen molar-refractivity contribution >= 4 is 27.4 Å². The maximum atomic E-state index is 12.5. The Labute approximate surface area is 159 Å². The van der Waals surface area contributed by atoms with Gasteiger partial charge in [0.05, 0.1) is 16.0 Å². The molecule has 6 nitrogen and oxygen atoms in total. The summed E-state index contributed by atoms with van der Waals surface area (Å²) < 4.78 is 66.1. The number of nitrogens with one attached hydrogen (secondary N) is 1. The van der Waals surface area contributed by atoms with Gasteiger partial charge in [0, 0.05) is 11.9 Å². The molecule has 0 saturated heterocycles. The molecule has 0 radical (unpaired) electrons. The van der Waals surface area contributed by atoms with E-state index in [1.54, 1.807) is 0 Å². The zero-order valence-corrected chi connectivity index (χ0v) is 15.6. The van der Waals surface area contributed by atoms with Crippen LogP contribution < -0.4 is 5.32 Å². The van der Waals surface area contributed by atoms with Crippen LogP contribution in [0.3, 0.4) is 0 Å². The standard InChI is InChI=1S/C18H16F3NO5S/c1-11(16(23)22-13-9-7-12(8-10-13)18(19,20)21)27-17(24)14-5-3-4-6-15(14)28(2,25)26/h3-11H,1-2H3,(H,22,23)/t11-/m1/s1. The van der Waals surface area contributed by atoms with Crippen molar-refractivity contribution in [2.75, 3.05) is 11.6 Å². The van der Waals surface area contributed by atoms with E-state index in [1.807, 2.05) is 0 Å². The molecule has 10 heteroatoms.